The van der Waals surface area contributed by atoms with Crippen LogP contribution in [0.15, 0.2) is 12.4 Å². The predicted octanol–water partition coefficient (Wildman–Crippen LogP) is 0.733. The first kappa shape index (κ1) is 12.7. The van der Waals surface area contributed by atoms with Crippen molar-refractivity contribution in [2.75, 3.05) is 14.2 Å². The second kappa shape index (κ2) is 5.12. The number of carbonyl (C=O) groups excluding carboxylic acids is 1. The standard InChI is InChI=1S/C11H19N3O2/c1-9-7-13-14(8-9)6-5-11(2,12-3)10(15)16-4/h7-8,12H,5-6H2,1-4H3. The molecule has 0 amide bonds. The molecule has 16 heavy (non-hydrogen) atoms. The molecule has 0 radical (unpaired) electrons. The van der Waals surface area contributed by atoms with Crippen molar-refractivity contribution in [2.45, 2.75) is 32.4 Å². The van der Waals surface area contributed by atoms with Crippen molar-refractivity contribution in [1.82, 2.24) is 15.1 Å². The van der Waals surface area contributed by atoms with E-state index in [-0.39, 0.29) is 5.97 Å². The summed E-state index contributed by atoms with van der Waals surface area (Å²) < 4.78 is 6.60. The molecule has 0 aliphatic heterocycles. The van der Waals surface area contributed by atoms with E-state index in [0.29, 0.717) is 13.0 Å². The lowest BCUT2D eigenvalue weighted by molar-refractivity contribution is -0.148. The molecule has 0 bridgehead atoms. The summed E-state index contributed by atoms with van der Waals surface area (Å²) in [6.45, 7) is 4.50. The van der Waals surface area contributed by atoms with Gasteiger partial charge in [0.25, 0.3) is 0 Å². The van der Waals surface area contributed by atoms with Crippen LogP contribution in [0.3, 0.4) is 0 Å². The Morgan fingerprint density at radius 3 is 2.81 bits per heavy atom. The molecule has 1 aromatic heterocycles. The number of ether oxygens (including phenoxy) is 1. The number of esters is 1. The van der Waals surface area contributed by atoms with Crippen LogP contribution in [0.5, 0.6) is 0 Å². The van der Waals surface area contributed by atoms with E-state index in [2.05, 4.69) is 10.4 Å². The van der Waals surface area contributed by atoms with Gasteiger partial charge in [-0.2, -0.15) is 5.10 Å². The number of methoxy groups -OCH3 is 1. The van der Waals surface area contributed by atoms with Crippen molar-refractivity contribution in [2.24, 2.45) is 0 Å². The molecule has 5 heteroatoms. The van der Waals surface area contributed by atoms with Gasteiger partial charge in [-0.1, -0.05) is 0 Å². The van der Waals surface area contributed by atoms with E-state index in [1.807, 2.05) is 24.7 Å². The zero-order valence-corrected chi connectivity index (χ0v) is 10.3. The Morgan fingerprint density at radius 2 is 2.38 bits per heavy atom. The summed E-state index contributed by atoms with van der Waals surface area (Å²) in [5, 5.41) is 7.17. The van der Waals surface area contributed by atoms with E-state index in [1.54, 1.807) is 13.2 Å². The molecule has 0 saturated heterocycles. The first-order valence-electron chi connectivity index (χ1n) is 5.28. The molecule has 1 N–H and O–H groups in total. The quantitative estimate of drug-likeness (QED) is 0.751. The Morgan fingerprint density at radius 1 is 1.69 bits per heavy atom. The number of aryl methyl sites for hydroxylation is 2. The van der Waals surface area contributed by atoms with Crippen LogP contribution in [-0.4, -0.2) is 35.4 Å². The van der Waals surface area contributed by atoms with Crippen molar-refractivity contribution in [1.29, 1.82) is 0 Å². The van der Waals surface area contributed by atoms with Gasteiger partial charge in [0.05, 0.1) is 13.3 Å². The fourth-order valence-electron chi connectivity index (χ4n) is 1.48. The Hall–Kier alpha value is -1.36. The number of hydrogen-bond donors (Lipinski definition) is 1. The van der Waals surface area contributed by atoms with Gasteiger partial charge in [-0.15, -0.1) is 0 Å². The zero-order valence-electron chi connectivity index (χ0n) is 10.3. The molecule has 5 nitrogen and oxygen atoms in total. The average Bonchev–Trinajstić information content (AvgIpc) is 2.71. The van der Waals surface area contributed by atoms with Gasteiger partial charge in [-0.3, -0.25) is 9.48 Å². The van der Waals surface area contributed by atoms with E-state index < -0.39 is 5.54 Å². The predicted molar refractivity (Wildman–Crippen MR) is 61.1 cm³/mol. The van der Waals surface area contributed by atoms with Gasteiger partial charge >= 0.3 is 5.97 Å². The molecule has 90 valence electrons. The second-order valence-electron chi connectivity index (χ2n) is 4.10. The van der Waals surface area contributed by atoms with Crippen molar-refractivity contribution >= 4 is 5.97 Å². The van der Waals surface area contributed by atoms with E-state index in [9.17, 15) is 4.79 Å². The molecule has 0 fully saturated rings. The number of nitrogens with one attached hydrogen (secondary N) is 1. The van der Waals surface area contributed by atoms with E-state index in [4.69, 9.17) is 4.74 Å². The topological polar surface area (TPSA) is 56.2 Å². The molecule has 1 atom stereocenters. The number of likely N-dealkylation sites (N-methyl/N-ethyl adjacent to an activating group) is 1. The minimum Gasteiger partial charge on any atom is -0.468 e. The van der Waals surface area contributed by atoms with Crippen molar-refractivity contribution in [3.05, 3.63) is 18.0 Å². The van der Waals surface area contributed by atoms with Gasteiger partial charge in [0.2, 0.25) is 0 Å². The molecular weight excluding hydrogens is 206 g/mol. The Kier molecular flexibility index (Phi) is 4.06. The summed E-state index contributed by atoms with van der Waals surface area (Å²) in [7, 11) is 3.15. The fraction of sp³-hybridized carbons (Fsp3) is 0.636. The Labute approximate surface area is 95.8 Å². The summed E-state index contributed by atoms with van der Waals surface area (Å²) in [5.41, 5.74) is 0.457. The molecule has 0 aliphatic carbocycles. The summed E-state index contributed by atoms with van der Waals surface area (Å²) in [5.74, 6) is -0.251. The van der Waals surface area contributed by atoms with Crippen LogP contribution in [0.2, 0.25) is 0 Å². The van der Waals surface area contributed by atoms with Crippen LogP contribution in [0.1, 0.15) is 18.9 Å². The summed E-state index contributed by atoms with van der Waals surface area (Å²) in [6, 6.07) is 0. The van der Waals surface area contributed by atoms with Crippen LogP contribution in [0, 0.1) is 6.92 Å². The highest BCUT2D eigenvalue weighted by atomic mass is 16.5. The summed E-state index contributed by atoms with van der Waals surface area (Å²) in [6.07, 6.45) is 4.39. The van der Waals surface area contributed by atoms with E-state index in [1.165, 1.54) is 7.11 Å². The number of rotatable bonds is 5. The van der Waals surface area contributed by atoms with Gasteiger partial charge in [0.1, 0.15) is 5.54 Å². The normalized spacial score (nSPS) is 14.5. The number of aromatic nitrogens is 2. The minimum atomic E-state index is -0.658. The Balaban J connectivity index is 2.61. The molecule has 0 aromatic carbocycles. The lowest BCUT2D eigenvalue weighted by Crippen LogP contribution is -2.49. The molecular formula is C11H19N3O2. The van der Waals surface area contributed by atoms with E-state index in [0.717, 1.165) is 5.56 Å². The van der Waals surface area contributed by atoms with Crippen molar-refractivity contribution in [3.8, 4) is 0 Å². The SMILES string of the molecule is CNC(C)(CCn1cc(C)cn1)C(=O)OC. The van der Waals surface area contributed by atoms with Gasteiger partial charge in [-0.25, -0.2) is 0 Å². The first-order chi connectivity index (χ1) is 7.51. The molecule has 1 heterocycles. The zero-order chi connectivity index (χ0) is 12.2. The highest BCUT2D eigenvalue weighted by Gasteiger charge is 2.32. The van der Waals surface area contributed by atoms with Gasteiger partial charge < -0.3 is 10.1 Å². The molecule has 0 aliphatic rings. The average molecular weight is 225 g/mol. The Bertz CT molecular complexity index is 362. The van der Waals surface area contributed by atoms with Crippen LogP contribution in [0.4, 0.5) is 0 Å². The maximum Gasteiger partial charge on any atom is 0.325 e. The third-order valence-corrected chi connectivity index (χ3v) is 2.79. The molecule has 1 unspecified atom stereocenters. The summed E-state index contributed by atoms with van der Waals surface area (Å²) >= 11 is 0. The smallest absolute Gasteiger partial charge is 0.325 e. The number of carbonyl (C=O) groups is 1. The molecule has 1 rings (SSSR count). The van der Waals surface area contributed by atoms with Crippen LogP contribution < -0.4 is 5.32 Å². The lowest BCUT2D eigenvalue weighted by atomic mass is 9.98. The van der Waals surface area contributed by atoms with Gasteiger partial charge in [-0.05, 0) is 32.9 Å². The second-order valence-corrected chi connectivity index (χ2v) is 4.10. The largest absolute Gasteiger partial charge is 0.468 e. The first-order valence-corrected chi connectivity index (χ1v) is 5.28. The van der Waals surface area contributed by atoms with Gasteiger partial charge in [0.15, 0.2) is 0 Å². The molecule has 1 aromatic rings. The van der Waals surface area contributed by atoms with Crippen molar-refractivity contribution in [3.63, 3.8) is 0 Å². The van der Waals surface area contributed by atoms with Crippen LogP contribution >= 0.6 is 0 Å². The minimum absolute atomic E-state index is 0.251. The maximum absolute atomic E-state index is 11.6. The highest BCUT2D eigenvalue weighted by Crippen LogP contribution is 2.12. The van der Waals surface area contributed by atoms with Crippen LogP contribution in [0.25, 0.3) is 0 Å². The third kappa shape index (κ3) is 2.82. The maximum atomic E-state index is 11.6. The fourth-order valence-corrected chi connectivity index (χ4v) is 1.48. The van der Waals surface area contributed by atoms with Crippen LogP contribution in [-0.2, 0) is 16.1 Å². The third-order valence-electron chi connectivity index (χ3n) is 2.79. The lowest BCUT2D eigenvalue weighted by Gasteiger charge is -2.25. The number of nitrogens with zero attached hydrogens (tertiary/aromatic N) is 2. The van der Waals surface area contributed by atoms with Gasteiger partial charge in [0, 0.05) is 12.7 Å². The molecule has 0 spiro atoms. The van der Waals surface area contributed by atoms with E-state index >= 15 is 0 Å². The van der Waals surface area contributed by atoms with Crippen molar-refractivity contribution < 1.29 is 9.53 Å². The number of hydrogen-bond acceptors (Lipinski definition) is 4. The highest BCUT2D eigenvalue weighted by molar-refractivity contribution is 5.80. The molecule has 0 saturated carbocycles. The summed E-state index contributed by atoms with van der Waals surface area (Å²) in [4.78, 5) is 11.6. The monoisotopic (exact) mass is 225 g/mol.